The van der Waals surface area contributed by atoms with E-state index in [4.69, 9.17) is 5.73 Å². The van der Waals surface area contributed by atoms with Crippen molar-refractivity contribution in [2.24, 2.45) is 16.6 Å². The number of halogens is 1. The van der Waals surface area contributed by atoms with Crippen LogP contribution in [0.1, 0.15) is 36.2 Å². The number of carbonyl (C=O) groups excluding carboxylic acids is 2. The number of rotatable bonds is 1. The largest absolute Gasteiger partial charge is 0.396 e. The molecular formula is C18H21FN2O2. The zero-order valence-electron chi connectivity index (χ0n) is 13.6. The van der Waals surface area contributed by atoms with Gasteiger partial charge in [-0.25, -0.2) is 4.39 Å². The summed E-state index contributed by atoms with van der Waals surface area (Å²) in [6, 6.07) is 4.53. The van der Waals surface area contributed by atoms with Crippen molar-refractivity contribution in [3.63, 3.8) is 0 Å². The van der Waals surface area contributed by atoms with E-state index in [-0.39, 0.29) is 28.4 Å². The molecule has 1 amide bonds. The van der Waals surface area contributed by atoms with Crippen LogP contribution in [0.15, 0.2) is 30.0 Å². The van der Waals surface area contributed by atoms with Gasteiger partial charge in [-0.15, -0.1) is 0 Å². The quantitative estimate of drug-likeness (QED) is 0.865. The summed E-state index contributed by atoms with van der Waals surface area (Å²) in [6.45, 7) is 6.52. The van der Waals surface area contributed by atoms with E-state index in [9.17, 15) is 14.0 Å². The number of Topliss-reactive ketones (excluding diaryl/α,β-unsaturated/α-hetero) is 1. The molecule has 1 aliphatic heterocycles. The van der Waals surface area contributed by atoms with Crippen LogP contribution in [0.4, 0.5) is 4.39 Å². The Hall–Kier alpha value is -2.17. The first-order valence-corrected chi connectivity index (χ1v) is 7.72. The highest BCUT2D eigenvalue weighted by molar-refractivity contribution is 6.00. The normalized spacial score (nSPS) is 21.8. The van der Waals surface area contributed by atoms with Gasteiger partial charge in [0.1, 0.15) is 5.82 Å². The first-order chi connectivity index (χ1) is 10.6. The number of carbonyl (C=O) groups is 2. The fourth-order valence-corrected chi connectivity index (χ4v) is 3.83. The number of ketones is 1. The highest BCUT2D eigenvalue weighted by atomic mass is 19.1. The number of benzene rings is 1. The second kappa shape index (κ2) is 4.91. The first-order valence-electron chi connectivity index (χ1n) is 7.72. The monoisotopic (exact) mass is 316 g/mol. The number of likely N-dealkylation sites (tertiary alicyclic amines) is 1. The van der Waals surface area contributed by atoms with Gasteiger partial charge >= 0.3 is 0 Å². The Bertz CT molecular complexity index is 731. The minimum Gasteiger partial charge on any atom is -0.396 e. The SMILES string of the molecule is Cc1ccc(F)c(C(=O)N2CC3(C=C(N)C(=O)C(C)(C)C3)C2)c1. The maximum atomic E-state index is 13.9. The van der Waals surface area contributed by atoms with Gasteiger partial charge in [0, 0.05) is 23.9 Å². The fraction of sp³-hybridized carbons (Fsp3) is 0.444. The maximum absolute atomic E-state index is 13.9. The van der Waals surface area contributed by atoms with Gasteiger partial charge in [-0.3, -0.25) is 9.59 Å². The van der Waals surface area contributed by atoms with Crippen molar-refractivity contribution in [3.8, 4) is 0 Å². The van der Waals surface area contributed by atoms with E-state index in [1.54, 1.807) is 23.1 Å². The fourth-order valence-electron chi connectivity index (χ4n) is 3.83. The molecule has 2 aliphatic rings. The van der Waals surface area contributed by atoms with Gasteiger partial charge in [-0.1, -0.05) is 25.5 Å². The third-order valence-corrected chi connectivity index (χ3v) is 4.78. The zero-order valence-corrected chi connectivity index (χ0v) is 13.6. The van der Waals surface area contributed by atoms with Crippen LogP contribution in [-0.4, -0.2) is 29.7 Å². The molecule has 1 aliphatic carbocycles. The lowest BCUT2D eigenvalue weighted by molar-refractivity contribution is -0.127. The minimum atomic E-state index is -0.525. The molecule has 23 heavy (non-hydrogen) atoms. The molecule has 1 aromatic rings. The average molecular weight is 316 g/mol. The van der Waals surface area contributed by atoms with Gasteiger partial charge in [0.25, 0.3) is 5.91 Å². The van der Waals surface area contributed by atoms with Gasteiger partial charge < -0.3 is 10.6 Å². The Labute approximate surface area is 135 Å². The highest BCUT2D eigenvalue weighted by Crippen LogP contribution is 2.47. The standard InChI is InChI=1S/C18H21FN2O2/c1-11-4-5-13(19)12(6-11)16(23)21-9-18(10-21)7-14(20)15(22)17(2,3)8-18/h4-7H,8-10,20H2,1-3H3. The summed E-state index contributed by atoms with van der Waals surface area (Å²) in [5, 5.41) is 0. The maximum Gasteiger partial charge on any atom is 0.256 e. The summed E-state index contributed by atoms with van der Waals surface area (Å²) in [5.74, 6) is -0.855. The molecule has 0 bridgehead atoms. The lowest BCUT2D eigenvalue weighted by atomic mass is 9.62. The molecule has 4 nitrogen and oxygen atoms in total. The van der Waals surface area contributed by atoms with Crippen molar-refractivity contribution in [1.82, 2.24) is 4.90 Å². The molecule has 0 aromatic heterocycles. The summed E-state index contributed by atoms with van der Waals surface area (Å²) in [4.78, 5) is 26.2. The topological polar surface area (TPSA) is 63.4 Å². The molecule has 2 N–H and O–H groups in total. The summed E-state index contributed by atoms with van der Waals surface area (Å²) < 4.78 is 13.9. The van der Waals surface area contributed by atoms with E-state index in [2.05, 4.69) is 0 Å². The molecule has 1 saturated heterocycles. The average Bonchev–Trinajstić information content (AvgIpc) is 2.43. The third-order valence-electron chi connectivity index (χ3n) is 4.78. The molecule has 5 heteroatoms. The van der Waals surface area contributed by atoms with Crippen molar-refractivity contribution in [2.45, 2.75) is 27.2 Å². The van der Waals surface area contributed by atoms with Crippen molar-refractivity contribution in [1.29, 1.82) is 0 Å². The molecule has 0 atom stereocenters. The van der Waals surface area contributed by atoms with Crippen LogP contribution in [0.25, 0.3) is 0 Å². The van der Waals surface area contributed by atoms with Crippen molar-refractivity contribution in [3.05, 3.63) is 46.9 Å². The number of allylic oxidation sites excluding steroid dienone is 1. The molecule has 1 heterocycles. The Morgan fingerprint density at radius 2 is 1.96 bits per heavy atom. The lowest BCUT2D eigenvalue weighted by Gasteiger charge is -2.53. The molecule has 1 spiro atoms. The van der Waals surface area contributed by atoms with E-state index in [1.165, 1.54) is 6.07 Å². The van der Waals surface area contributed by atoms with Crippen LogP contribution in [-0.2, 0) is 4.79 Å². The number of hydrogen-bond donors (Lipinski definition) is 1. The molecule has 0 unspecified atom stereocenters. The van der Waals surface area contributed by atoms with E-state index in [0.29, 0.717) is 19.5 Å². The van der Waals surface area contributed by atoms with E-state index < -0.39 is 11.2 Å². The molecule has 1 aromatic carbocycles. The number of amides is 1. The minimum absolute atomic E-state index is 0.0439. The predicted octanol–water partition coefficient (Wildman–Crippen LogP) is 2.42. The Kier molecular flexibility index (Phi) is 3.36. The van der Waals surface area contributed by atoms with Crippen LogP contribution in [0.2, 0.25) is 0 Å². The summed E-state index contributed by atoms with van der Waals surface area (Å²) in [7, 11) is 0. The van der Waals surface area contributed by atoms with Crippen molar-refractivity contribution < 1.29 is 14.0 Å². The molecule has 0 radical (unpaired) electrons. The number of nitrogens with zero attached hydrogens (tertiary/aromatic N) is 1. The summed E-state index contributed by atoms with van der Waals surface area (Å²) >= 11 is 0. The van der Waals surface area contributed by atoms with Crippen molar-refractivity contribution >= 4 is 11.7 Å². The van der Waals surface area contributed by atoms with Crippen LogP contribution >= 0.6 is 0 Å². The van der Waals surface area contributed by atoms with Gasteiger partial charge in [0.2, 0.25) is 0 Å². The van der Waals surface area contributed by atoms with Gasteiger partial charge in [-0.05, 0) is 31.6 Å². The van der Waals surface area contributed by atoms with E-state index in [0.717, 1.165) is 5.56 Å². The second-order valence-electron chi connectivity index (χ2n) is 7.50. The van der Waals surface area contributed by atoms with Crippen molar-refractivity contribution in [2.75, 3.05) is 13.1 Å². The summed E-state index contributed by atoms with van der Waals surface area (Å²) in [6.07, 6.45) is 2.44. The molecule has 0 saturated carbocycles. The molecule has 1 fully saturated rings. The van der Waals surface area contributed by atoms with Crippen LogP contribution in [0.5, 0.6) is 0 Å². The molecular weight excluding hydrogens is 295 g/mol. The Balaban J connectivity index is 1.80. The first kappa shape index (κ1) is 15.7. The molecule has 3 rings (SSSR count). The number of hydrogen-bond acceptors (Lipinski definition) is 3. The van der Waals surface area contributed by atoms with E-state index >= 15 is 0 Å². The Morgan fingerprint density at radius 1 is 1.30 bits per heavy atom. The highest BCUT2D eigenvalue weighted by Gasteiger charge is 2.52. The van der Waals surface area contributed by atoms with Gasteiger partial charge in [0.15, 0.2) is 5.78 Å². The summed E-state index contributed by atoms with van der Waals surface area (Å²) in [5.41, 5.74) is 6.29. The lowest BCUT2D eigenvalue weighted by Crippen LogP contribution is -2.61. The third kappa shape index (κ3) is 2.54. The van der Waals surface area contributed by atoms with Crippen LogP contribution in [0, 0.1) is 23.6 Å². The number of nitrogens with two attached hydrogens (primary N) is 1. The predicted molar refractivity (Wildman–Crippen MR) is 85.1 cm³/mol. The number of aryl methyl sites for hydroxylation is 1. The van der Waals surface area contributed by atoms with Gasteiger partial charge in [0.05, 0.1) is 11.3 Å². The van der Waals surface area contributed by atoms with Gasteiger partial charge in [-0.2, -0.15) is 0 Å². The second-order valence-corrected chi connectivity index (χ2v) is 7.50. The van der Waals surface area contributed by atoms with Crippen LogP contribution < -0.4 is 5.73 Å². The smallest absolute Gasteiger partial charge is 0.256 e. The van der Waals surface area contributed by atoms with E-state index in [1.807, 2.05) is 20.8 Å². The Morgan fingerprint density at radius 3 is 2.57 bits per heavy atom. The zero-order chi connectivity index (χ0) is 17.0. The molecule has 122 valence electrons. The van der Waals surface area contributed by atoms with Crippen LogP contribution in [0.3, 0.4) is 0 Å².